The monoisotopic (exact) mass is 295 g/mol. The van der Waals surface area contributed by atoms with E-state index in [1.54, 1.807) is 7.05 Å². The summed E-state index contributed by atoms with van der Waals surface area (Å²) in [5.41, 5.74) is 5.25. The largest absolute Gasteiger partial charge is 0.432 e. The summed E-state index contributed by atoms with van der Waals surface area (Å²) in [7, 11) is 1.65. The van der Waals surface area contributed by atoms with Gasteiger partial charge in [0, 0.05) is 24.2 Å². The average molecular weight is 296 g/mol. The Bertz CT molecular complexity index is 665. The summed E-state index contributed by atoms with van der Waals surface area (Å²) in [5, 5.41) is 14.0. The number of nitro benzene ring substituents is 1. The fourth-order valence-electron chi connectivity index (χ4n) is 1.46. The molecule has 104 valence electrons. The fourth-order valence-corrected chi connectivity index (χ4v) is 1.62. The summed E-state index contributed by atoms with van der Waals surface area (Å²) in [6, 6.07) is 5.53. The first-order chi connectivity index (χ1) is 9.49. The number of nitrogen functional groups attached to an aromatic ring is 1. The molecule has 0 radical (unpaired) electrons. The first-order valence-electron chi connectivity index (χ1n) is 5.43. The van der Waals surface area contributed by atoms with Crippen molar-refractivity contribution in [3.8, 4) is 11.6 Å². The molecule has 0 aliphatic carbocycles. The summed E-state index contributed by atoms with van der Waals surface area (Å²) >= 11 is 5.72. The van der Waals surface area contributed by atoms with Crippen LogP contribution in [0.1, 0.15) is 0 Å². The highest BCUT2D eigenvalue weighted by Gasteiger charge is 2.17. The molecule has 1 aromatic carbocycles. The minimum Gasteiger partial charge on any atom is -0.432 e. The third-order valence-electron chi connectivity index (χ3n) is 2.31. The number of halogens is 1. The molecular weight excluding hydrogens is 286 g/mol. The van der Waals surface area contributed by atoms with Gasteiger partial charge < -0.3 is 15.8 Å². The Morgan fingerprint density at radius 3 is 2.80 bits per heavy atom. The van der Waals surface area contributed by atoms with Crippen molar-refractivity contribution in [2.24, 2.45) is 0 Å². The number of nitrogens with one attached hydrogen (secondary N) is 1. The first kappa shape index (κ1) is 13.8. The Kier molecular flexibility index (Phi) is 3.85. The SMILES string of the molecule is CNc1cc(Oc2ccc(Cl)cc2[N+](=O)[O-])nc(N)n1. The van der Waals surface area contributed by atoms with E-state index in [2.05, 4.69) is 15.3 Å². The molecule has 0 amide bonds. The van der Waals surface area contributed by atoms with Gasteiger partial charge in [0.25, 0.3) is 0 Å². The van der Waals surface area contributed by atoms with Crippen molar-refractivity contribution in [3.05, 3.63) is 39.4 Å². The number of ether oxygens (including phenoxy) is 1. The normalized spacial score (nSPS) is 10.1. The van der Waals surface area contributed by atoms with Crippen LogP contribution in [0.3, 0.4) is 0 Å². The minimum atomic E-state index is -0.593. The fraction of sp³-hybridized carbons (Fsp3) is 0.0909. The second-order valence-electron chi connectivity index (χ2n) is 3.67. The zero-order valence-electron chi connectivity index (χ0n) is 10.3. The highest BCUT2D eigenvalue weighted by Crippen LogP contribution is 2.33. The summed E-state index contributed by atoms with van der Waals surface area (Å²) in [6.07, 6.45) is 0. The molecular formula is C11H10ClN5O3. The van der Waals surface area contributed by atoms with Crippen LogP contribution in [0.25, 0.3) is 0 Å². The molecule has 0 spiro atoms. The van der Waals surface area contributed by atoms with E-state index in [4.69, 9.17) is 22.1 Å². The lowest BCUT2D eigenvalue weighted by atomic mass is 10.3. The van der Waals surface area contributed by atoms with Gasteiger partial charge in [0.15, 0.2) is 0 Å². The molecule has 0 atom stereocenters. The van der Waals surface area contributed by atoms with Crippen LogP contribution in [-0.4, -0.2) is 21.9 Å². The maximum atomic E-state index is 11.0. The van der Waals surface area contributed by atoms with Gasteiger partial charge in [0.1, 0.15) is 5.82 Å². The van der Waals surface area contributed by atoms with Gasteiger partial charge in [-0.1, -0.05) is 11.6 Å². The van der Waals surface area contributed by atoms with Crippen molar-refractivity contribution in [1.82, 2.24) is 9.97 Å². The highest BCUT2D eigenvalue weighted by atomic mass is 35.5. The minimum absolute atomic E-state index is 0.0107. The lowest BCUT2D eigenvalue weighted by molar-refractivity contribution is -0.385. The third-order valence-corrected chi connectivity index (χ3v) is 2.54. The molecule has 0 bridgehead atoms. The maximum absolute atomic E-state index is 11.0. The van der Waals surface area contributed by atoms with Gasteiger partial charge in [0.05, 0.1) is 4.92 Å². The molecule has 3 N–H and O–H groups in total. The Hall–Kier alpha value is -2.61. The van der Waals surface area contributed by atoms with Gasteiger partial charge in [-0.25, -0.2) is 0 Å². The van der Waals surface area contributed by atoms with Gasteiger partial charge >= 0.3 is 5.69 Å². The summed E-state index contributed by atoms with van der Waals surface area (Å²) in [6.45, 7) is 0. The van der Waals surface area contributed by atoms with Crippen molar-refractivity contribution < 1.29 is 9.66 Å². The van der Waals surface area contributed by atoms with Crippen LogP contribution >= 0.6 is 11.6 Å². The molecule has 0 fully saturated rings. The van der Waals surface area contributed by atoms with E-state index in [9.17, 15) is 10.1 Å². The number of nitrogens with zero attached hydrogens (tertiary/aromatic N) is 3. The van der Waals surface area contributed by atoms with E-state index < -0.39 is 4.92 Å². The Morgan fingerprint density at radius 2 is 2.15 bits per heavy atom. The molecule has 20 heavy (non-hydrogen) atoms. The Morgan fingerprint density at radius 1 is 1.40 bits per heavy atom. The standard InChI is InChI=1S/C11H10ClN5O3/c1-14-9-5-10(16-11(13)15-9)20-8-3-2-6(12)4-7(8)17(18)19/h2-5H,1H3,(H3,13,14,15,16). The zero-order valence-corrected chi connectivity index (χ0v) is 11.1. The van der Waals surface area contributed by atoms with E-state index in [0.29, 0.717) is 5.82 Å². The Labute approximate surface area is 118 Å². The van der Waals surface area contributed by atoms with Crippen LogP contribution in [-0.2, 0) is 0 Å². The van der Waals surface area contributed by atoms with Crippen LogP contribution in [0.15, 0.2) is 24.3 Å². The van der Waals surface area contributed by atoms with Gasteiger partial charge in [0.2, 0.25) is 17.6 Å². The van der Waals surface area contributed by atoms with Crippen molar-refractivity contribution in [2.45, 2.75) is 0 Å². The van der Waals surface area contributed by atoms with E-state index in [0.717, 1.165) is 0 Å². The van der Waals surface area contributed by atoms with Crippen LogP contribution in [0.5, 0.6) is 11.6 Å². The van der Waals surface area contributed by atoms with Crippen molar-refractivity contribution in [2.75, 3.05) is 18.1 Å². The Balaban J connectivity index is 2.39. The van der Waals surface area contributed by atoms with E-state index in [1.165, 1.54) is 24.3 Å². The number of aromatic nitrogens is 2. The smallest absolute Gasteiger partial charge is 0.313 e. The molecule has 1 heterocycles. The number of nitro groups is 1. The molecule has 0 saturated heterocycles. The van der Waals surface area contributed by atoms with E-state index in [1.807, 2.05) is 0 Å². The molecule has 0 aliphatic heterocycles. The summed E-state index contributed by atoms with van der Waals surface area (Å²) in [4.78, 5) is 18.1. The van der Waals surface area contributed by atoms with Gasteiger partial charge in [-0.05, 0) is 12.1 Å². The number of anilines is 2. The number of hydrogen-bond acceptors (Lipinski definition) is 7. The predicted octanol–water partition coefficient (Wildman–Crippen LogP) is 2.45. The van der Waals surface area contributed by atoms with Crippen LogP contribution < -0.4 is 15.8 Å². The molecule has 1 aromatic heterocycles. The molecule has 2 aromatic rings. The lowest BCUT2D eigenvalue weighted by Crippen LogP contribution is -2.02. The average Bonchev–Trinajstić information content (AvgIpc) is 2.40. The summed E-state index contributed by atoms with van der Waals surface area (Å²) < 4.78 is 5.38. The van der Waals surface area contributed by atoms with Crippen molar-refractivity contribution in [1.29, 1.82) is 0 Å². The third kappa shape index (κ3) is 3.04. The van der Waals surface area contributed by atoms with Crippen LogP contribution in [0.2, 0.25) is 5.02 Å². The van der Waals surface area contributed by atoms with Crippen molar-refractivity contribution >= 4 is 29.1 Å². The van der Waals surface area contributed by atoms with E-state index >= 15 is 0 Å². The van der Waals surface area contributed by atoms with Gasteiger partial charge in [-0.2, -0.15) is 9.97 Å². The van der Waals surface area contributed by atoms with Crippen LogP contribution in [0.4, 0.5) is 17.5 Å². The second kappa shape index (κ2) is 5.57. The molecule has 2 rings (SSSR count). The van der Waals surface area contributed by atoms with Gasteiger partial charge in [-0.3, -0.25) is 10.1 Å². The quantitative estimate of drug-likeness (QED) is 0.657. The number of hydrogen-bond donors (Lipinski definition) is 2. The van der Waals surface area contributed by atoms with E-state index in [-0.39, 0.29) is 28.3 Å². The molecule has 8 nitrogen and oxygen atoms in total. The second-order valence-corrected chi connectivity index (χ2v) is 4.11. The molecule has 0 aliphatic rings. The number of rotatable bonds is 4. The highest BCUT2D eigenvalue weighted by molar-refractivity contribution is 6.30. The molecule has 0 unspecified atom stereocenters. The lowest BCUT2D eigenvalue weighted by Gasteiger charge is -2.07. The molecule has 9 heteroatoms. The van der Waals surface area contributed by atoms with Crippen LogP contribution in [0, 0.1) is 10.1 Å². The van der Waals surface area contributed by atoms with Crippen molar-refractivity contribution in [3.63, 3.8) is 0 Å². The molecule has 0 saturated carbocycles. The first-order valence-corrected chi connectivity index (χ1v) is 5.81. The zero-order chi connectivity index (χ0) is 14.7. The number of benzene rings is 1. The summed E-state index contributed by atoms with van der Waals surface area (Å²) in [5.74, 6) is 0.527. The maximum Gasteiger partial charge on any atom is 0.313 e. The predicted molar refractivity (Wildman–Crippen MR) is 74.2 cm³/mol. The number of nitrogens with two attached hydrogens (primary N) is 1. The topological polar surface area (TPSA) is 116 Å². The van der Waals surface area contributed by atoms with Gasteiger partial charge in [-0.15, -0.1) is 0 Å².